The summed E-state index contributed by atoms with van der Waals surface area (Å²) in [4.78, 5) is 15.7. The van der Waals surface area contributed by atoms with Gasteiger partial charge in [-0.15, -0.1) is 10.2 Å². The third-order valence-corrected chi connectivity index (χ3v) is 5.76. The van der Waals surface area contributed by atoms with Gasteiger partial charge in [0.2, 0.25) is 16.9 Å². The number of anilines is 3. The molecule has 0 unspecified atom stereocenters. The van der Waals surface area contributed by atoms with Crippen molar-refractivity contribution in [3.8, 4) is 11.5 Å². The second-order valence-electron chi connectivity index (χ2n) is 6.06. The molecule has 0 saturated carbocycles. The van der Waals surface area contributed by atoms with Crippen LogP contribution in [0.3, 0.4) is 0 Å². The van der Waals surface area contributed by atoms with Gasteiger partial charge in [0, 0.05) is 29.6 Å². The van der Waals surface area contributed by atoms with Gasteiger partial charge in [0.1, 0.15) is 6.26 Å². The van der Waals surface area contributed by atoms with E-state index in [1.54, 1.807) is 18.0 Å². The van der Waals surface area contributed by atoms with E-state index in [4.69, 9.17) is 4.42 Å². The van der Waals surface area contributed by atoms with Crippen molar-refractivity contribution in [2.45, 2.75) is 17.0 Å². The first-order valence-electron chi connectivity index (χ1n) is 8.76. The summed E-state index contributed by atoms with van der Waals surface area (Å²) in [6, 6.07) is 17.2. The van der Waals surface area contributed by atoms with Gasteiger partial charge >= 0.3 is 0 Å². The molecule has 0 aliphatic heterocycles. The van der Waals surface area contributed by atoms with E-state index in [0.717, 1.165) is 27.0 Å². The lowest BCUT2D eigenvalue weighted by Gasteiger charge is -2.05. The first-order chi connectivity index (χ1) is 14.2. The fraction of sp³-hybridized carbons (Fsp3) is 0.100. The van der Waals surface area contributed by atoms with Crippen molar-refractivity contribution < 1.29 is 9.21 Å². The number of carbonyl (C=O) groups excluding carboxylic acids is 1. The molecule has 9 heteroatoms. The highest BCUT2D eigenvalue weighted by atomic mass is 32.2. The number of benzene rings is 2. The molecule has 0 fully saturated rings. The number of rotatable bonds is 7. The lowest BCUT2D eigenvalue weighted by Crippen LogP contribution is -2.05. The molecule has 4 rings (SSSR count). The van der Waals surface area contributed by atoms with Crippen molar-refractivity contribution in [1.29, 1.82) is 0 Å². The predicted octanol–water partition coefficient (Wildman–Crippen LogP) is 5.19. The Morgan fingerprint density at radius 1 is 1.10 bits per heavy atom. The molecule has 0 aliphatic rings. The van der Waals surface area contributed by atoms with Crippen molar-refractivity contribution in [1.82, 2.24) is 15.2 Å². The minimum Gasteiger partial charge on any atom is -0.444 e. The minimum atomic E-state index is -0.111. The monoisotopic (exact) mass is 423 g/mol. The number of hydrogen-bond acceptors (Lipinski definition) is 8. The van der Waals surface area contributed by atoms with Gasteiger partial charge in [0.05, 0.1) is 5.69 Å². The minimum absolute atomic E-state index is 0.111. The zero-order valence-electron chi connectivity index (χ0n) is 15.5. The highest BCUT2D eigenvalue weighted by molar-refractivity contribution is 8.00. The summed E-state index contributed by atoms with van der Waals surface area (Å²) in [5.74, 6) is 1.14. The highest BCUT2D eigenvalue weighted by Crippen LogP contribution is 2.31. The molecular formula is C20H17N5O2S2. The fourth-order valence-electron chi connectivity index (χ4n) is 2.54. The molecule has 0 spiro atoms. The van der Waals surface area contributed by atoms with Crippen LogP contribution in [0, 0.1) is 0 Å². The van der Waals surface area contributed by atoms with Gasteiger partial charge in [-0.25, -0.2) is 4.98 Å². The normalized spacial score (nSPS) is 10.7. The third-order valence-electron chi connectivity index (χ3n) is 3.76. The van der Waals surface area contributed by atoms with Crippen LogP contribution in [0.1, 0.15) is 12.6 Å². The lowest BCUT2D eigenvalue weighted by molar-refractivity contribution is -0.114. The summed E-state index contributed by atoms with van der Waals surface area (Å²) in [7, 11) is 0. The van der Waals surface area contributed by atoms with E-state index in [9.17, 15) is 4.79 Å². The molecule has 2 aromatic carbocycles. The highest BCUT2D eigenvalue weighted by Gasteiger charge is 2.10. The first kappa shape index (κ1) is 19.2. The van der Waals surface area contributed by atoms with Crippen molar-refractivity contribution in [3.63, 3.8) is 0 Å². The SMILES string of the molecule is CC(=O)Nc1cccc(Nc2nnc(SCc3coc(-c4ccccc4)n3)s2)c1. The largest absolute Gasteiger partial charge is 0.444 e. The summed E-state index contributed by atoms with van der Waals surface area (Å²) in [5.41, 5.74) is 3.35. The zero-order valence-corrected chi connectivity index (χ0v) is 17.1. The van der Waals surface area contributed by atoms with Crippen LogP contribution >= 0.6 is 23.1 Å². The molecular weight excluding hydrogens is 406 g/mol. The summed E-state index contributed by atoms with van der Waals surface area (Å²) < 4.78 is 6.39. The van der Waals surface area contributed by atoms with Crippen LogP contribution in [0.5, 0.6) is 0 Å². The summed E-state index contributed by atoms with van der Waals surface area (Å²) in [5, 5.41) is 15.0. The summed E-state index contributed by atoms with van der Waals surface area (Å²) >= 11 is 3.00. The Morgan fingerprint density at radius 2 is 1.93 bits per heavy atom. The molecule has 0 bridgehead atoms. The number of carbonyl (C=O) groups is 1. The van der Waals surface area contributed by atoms with Crippen LogP contribution in [-0.4, -0.2) is 21.1 Å². The number of oxazole rings is 1. The molecule has 7 nitrogen and oxygen atoms in total. The Morgan fingerprint density at radius 3 is 2.76 bits per heavy atom. The van der Waals surface area contributed by atoms with Gasteiger partial charge < -0.3 is 15.1 Å². The Kier molecular flexibility index (Phi) is 5.87. The quantitative estimate of drug-likeness (QED) is 0.395. The van der Waals surface area contributed by atoms with E-state index in [1.807, 2.05) is 54.6 Å². The molecule has 0 radical (unpaired) electrons. The number of nitrogens with one attached hydrogen (secondary N) is 2. The first-order valence-corrected chi connectivity index (χ1v) is 10.6. The van der Waals surface area contributed by atoms with Gasteiger partial charge in [-0.3, -0.25) is 4.79 Å². The van der Waals surface area contributed by atoms with E-state index in [2.05, 4.69) is 25.8 Å². The van der Waals surface area contributed by atoms with Crippen molar-refractivity contribution in [2.24, 2.45) is 0 Å². The van der Waals surface area contributed by atoms with Crippen LogP contribution < -0.4 is 10.6 Å². The van der Waals surface area contributed by atoms with Gasteiger partial charge in [-0.05, 0) is 30.3 Å². The number of amides is 1. The fourth-order valence-corrected chi connectivity index (χ4v) is 4.19. The number of thioether (sulfide) groups is 1. The van der Waals surface area contributed by atoms with Crippen LogP contribution in [0.2, 0.25) is 0 Å². The van der Waals surface area contributed by atoms with Crippen molar-refractivity contribution >= 4 is 45.5 Å². The Labute approximate surface area is 175 Å². The molecule has 4 aromatic rings. The van der Waals surface area contributed by atoms with E-state index in [0.29, 0.717) is 16.8 Å². The van der Waals surface area contributed by atoms with Crippen molar-refractivity contribution in [3.05, 3.63) is 66.6 Å². The van der Waals surface area contributed by atoms with Crippen LogP contribution in [0.25, 0.3) is 11.5 Å². The van der Waals surface area contributed by atoms with E-state index in [1.165, 1.54) is 18.3 Å². The molecule has 0 atom stereocenters. The Bertz CT molecular complexity index is 1110. The molecule has 0 aliphatic carbocycles. The molecule has 146 valence electrons. The number of hydrogen-bond donors (Lipinski definition) is 2. The molecule has 0 saturated heterocycles. The molecule has 2 N–H and O–H groups in total. The van der Waals surface area contributed by atoms with Gasteiger partial charge in [-0.1, -0.05) is 47.4 Å². The molecule has 2 heterocycles. The van der Waals surface area contributed by atoms with E-state index in [-0.39, 0.29) is 5.91 Å². The average molecular weight is 424 g/mol. The second-order valence-corrected chi connectivity index (χ2v) is 8.26. The van der Waals surface area contributed by atoms with E-state index >= 15 is 0 Å². The Balaban J connectivity index is 1.35. The standard InChI is InChI=1S/C20H17N5O2S2/c1-13(26)21-15-8-5-9-16(10-15)23-19-24-25-20(29-19)28-12-17-11-27-18(22-17)14-6-3-2-4-7-14/h2-11H,12H2,1H3,(H,21,26)(H,23,24). The van der Waals surface area contributed by atoms with Crippen LogP contribution in [0.15, 0.2) is 69.6 Å². The number of aromatic nitrogens is 3. The summed E-state index contributed by atoms with van der Waals surface area (Å²) in [6.45, 7) is 1.48. The smallest absolute Gasteiger partial charge is 0.226 e. The maximum Gasteiger partial charge on any atom is 0.226 e. The number of nitrogens with zero attached hydrogens (tertiary/aromatic N) is 3. The third kappa shape index (κ3) is 5.21. The topological polar surface area (TPSA) is 92.9 Å². The van der Waals surface area contributed by atoms with Gasteiger partial charge in [0.15, 0.2) is 4.34 Å². The average Bonchev–Trinajstić information content (AvgIpc) is 3.36. The predicted molar refractivity (Wildman–Crippen MR) is 115 cm³/mol. The maximum absolute atomic E-state index is 11.2. The van der Waals surface area contributed by atoms with Crippen LogP contribution in [-0.2, 0) is 10.5 Å². The summed E-state index contributed by atoms with van der Waals surface area (Å²) in [6.07, 6.45) is 1.67. The van der Waals surface area contributed by atoms with Crippen LogP contribution in [0.4, 0.5) is 16.5 Å². The molecule has 2 aromatic heterocycles. The molecule has 1 amide bonds. The van der Waals surface area contributed by atoms with Gasteiger partial charge in [-0.2, -0.15) is 0 Å². The second kappa shape index (κ2) is 8.89. The maximum atomic E-state index is 11.2. The molecule has 29 heavy (non-hydrogen) atoms. The lowest BCUT2D eigenvalue weighted by atomic mass is 10.2. The van der Waals surface area contributed by atoms with Crippen molar-refractivity contribution in [2.75, 3.05) is 10.6 Å². The van der Waals surface area contributed by atoms with Gasteiger partial charge in [0.25, 0.3) is 0 Å². The zero-order chi connectivity index (χ0) is 20.1. The van der Waals surface area contributed by atoms with E-state index < -0.39 is 0 Å². The Hall–Kier alpha value is -3.17.